The van der Waals surface area contributed by atoms with Gasteiger partial charge >= 0.3 is 0 Å². The summed E-state index contributed by atoms with van der Waals surface area (Å²) in [6.45, 7) is 2.35. The maximum atomic E-state index is 12.9. The molecule has 0 unspecified atom stereocenters. The molecule has 5 nitrogen and oxygen atoms in total. The van der Waals surface area contributed by atoms with Crippen molar-refractivity contribution >= 4 is 17.5 Å². The van der Waals surface area contributed by atoms with Crippen molar-refractivity contribution in [3.8, 4) is 0 Å². The lowest BCUT2D eigenvalue weighted by Crippen LogP contribution is -2.46. The first-order chi connectivity index (χ1) is 12.4. The third-order valence-corrected chi connectivity index (χ3v) is 4.18. The van der Waals surface area contributed by atoms with Crippen LogP contribution in [-0.2, 0) is 16.1 Å². The summed E-state index contributed by atoms with van der Waals surface area (Å²) in [6.07, 6.45) is 0. The number of carbonyl (C=O) groups excluding carboxylic acids is 2. The second-order valence-electron chi connectivity index (χ2n) is 6.33. The standard InChI is InChI=1S/C20H24FN3O2/c1-15(20(26)24(3)13-16-7-5-4-6-8-16)23(2)14-19(25)22-18-11-9-17(21)10-12-18/h4-12,15H,13-14H2,1-3H3,(H,22,25)/t15-/m0/s1. The third-order valence-electron chi connectivity index (χ3n) is 4.18. The van der Waals surface area contributed by atoms with Gasteiger partial charge in [-0.2, -0.15) is 0 Å². The van der Waals surface area contributed by atoms with Gasteiger partial charge in [-0.05, 0) is 43.8 Å². The second kappa shape index (κ2) is 9.10. The van der Waals surface area contributed by atoms with Gasteiger partial charge in [-0.25, -0.2) is 4.39 Å². The Balaban J connectivity index is 1.86. The van der Waals surface area contributed by atoms with Crippen LogP contribution in [0.3, 0.4) is 0 Å². The quantitative estimate of drug-likeness (QED) is 0.829. The molecular weight excluding hydrogens is 333 g/mol. The molecule has 26 heavy (non-hydrogen) atoms. The summed E-state index contributed by atoms with van der Waals surface area (Å²) < 4.78 is 12.9. The number of nitrogens with zero attached hydrogens (tertiary/aromatic N) is 2. The van der Waals surface area contributed by atoms with Crippen molar-refractivity contribution in [1.82, 2.24) is 9.80 Å². The number of benzene rings is 2. The Kier molecular flexibility index (Phi) is 6.86. The molecule has 0 fully saturated rings. The molecule has 0 saturated carbocycles. The van der Waals surface area contributed by atoms with Crippen molar-refractivity contribution in [2.45, 2.75) is 19.5 Å². The van der Waals surface area contributed by atoms with E-state index in [0.29, 0.717) is 12.2 Å². The Bertz CT molecular complexity index is 734. The van der Waals surface area contributed by atoms with Crippen molar-refractivity contribution < 1.29 is 14.0 Å². The summed E-state index contributed by atoms with van der Waals surface area (Å²) in [5.74, 6) is -0.684. The van der Waals surface area contributed by atoms with Crippen LogP contribution in [0, 0.1) is 5.82 Å². The van der Waals surface area contributed by atoms with Gasteiger partial charge in [0.1, 0.15) is 5.82 Å². The molecule has 0 bridgehead atoms. The molecule has 6 heteroatoms. The van der Waals surface area contributed by atoms with Gasteiger partial charge in [-0.1, -0.05) is 30.3 Å². The fraction of sp³-hybridized carbons (Fsp3) is 0.300. The number of nitrogens with one attached hydrogen (secondary N) is 1. The average Bonchev–Trinajstić information content (AvgIpc) is 2.63. The van der Waals surface area contributed by atoms with Gasteiger partial charge in [0.25, 0.3) is 0 Å². The first-order valence-corrected chi connectivity index (χ1v) is 8.41. The van der Waals surface area contributed by atoms with Crippen LogP contribution in [0.5, 0.6) is 0 Å². The second-order valence-corrected chi connectivity index (χ2v) is 6.33. The predicted octanol–water partition coefficient (Wildman–Crippen LogP) is 2.74. The summed E-state index contributed by atoms with van der Waals surface area (Å²) >= 11 is 0. The summed E-state index contributed by atoms with van der Waals surface area (Å²) in [7, 11) is 3.47. The minimum Gasteiger partial charge on any atom is -0.340 e. The highest BCUT2D eigenvalue weighted by molar-refractivity contribution is 5.92. The lowest BCUT2D eigenvalue weighted by atomic mass is 10.2. The Morgan fingerprint density at radius 3 is 2.27 bits per heavy atom. The summed E-state index contributed by atoms with van der Waals surface area (Å²) in [5, 5.41) is 2.69. The largest absolute Gasteiger partial charge is 0.340 e. The molecule has 0 saturated heterocycles. The molecule has 2 amide bonds. The molecule has 1 N–H and O–H groups in total. The van der Waals surface area contributed by atoms with E-state index in [1.54, 1.807) is 30.8 Å². The molecule has 2 aromatic rings. The Morgan fingerprint density at radius 1 is 1.04 bits per heavy atom. The van der Waals surface area contributed by atoms with E-state index < -0.39 is 6.04 Å². The first kappa shape index (κ1) is 19.6. The van der Waals surface area contributed by atoms with E-state index in [1.165, 1.54) is 24.3 Å². The molecular formula is C20H24FN3O2. The molecule has 0 spiro atoms. The highest BCUT2D eigenvalue weighted by atomic mass is 19.1. The lowest BCUT2D eigenvalue weighted by Gasteiger charge is -2.27. The number of rotatable bonds is 7. The maximum absolute atomic E-state index is 12.9. The monoisotopic (exact) mass is 357 g/mol. The minimum atomic E-state index is -0.442. The molecule has 2 rings (SSSR count). The number of anilines is 1. The van der Waals surface area contributed by atoms with Crippen LogP contribution in [0.4, 0.5) is 10.1 Å². The molecule has 0 aliphatic rings. The molecule has 0 aliphatic heterocycles. The zero-order valence-corrected chi connectivity index (χ0v) is 15.3. The Labute approximate surface area is 153 Å². The highest BCUT2D eigenvalue weighted by Gasteiger charge is 2.23. The van der Waals surface area contributed by atoms with E-state index in [4.69, 9.17) is 0 Å². The number of likely N-dealkylation sites (N-methyl/N-ethyl adjacent to an activating group) is 2. The summed E-state index contributed by atoms with van der Waals surface area (Å²) in [5.41, 5.74) is 1.57. The van der Waals surface area contributed by atoms with Gasteiger partial charge in [0.15, 0.2) is 0 Å². The number of hydrogen-bond acceptors (Lipinski definition) is 3. The van der Waals surface area contributed by atoms with Gasteiger partial charge < -0.3 is 10.2 Å². The van der Waals surface area contributed by atoms with Gasteiger partial charge in [0, 0.05) is 19.3 Å². The van der Waals surface area contributed by atoms with Crippen LogP contribution in [0.2, 0.25) is 0 Å². The topological polar surface area (TPSA) is 52.7 Å². The predicted molar refractivity (Wildman–Crippen MR) is 100 cm³/mol. The lowest BCUT2D eigenvalue weighted by molar-refractivity contribution is -0.135. The van der Waals surface area contributed by atoms with Crippen molar-refractivity contribution in [2.75, 3.05) is 26.0 Å². The van der Waals surface area contributed by atoms with E-state index in [9.17, 15) is 14.0 Å². The maximum Gasteiger partial charge on any atom is 0.239 e. The van der Waals surface area contributed by atoms with Crippen molar-refractivity contribution in [3.63, 3.8) is 0 Å². The van der Waals surface area contributed by atoms with Gasteiger partial charge in [-0.3, -0.25) is 14.5 Å². The number of amides is 2. The number of hydrogen-bond donors (Lipinski definition) is 1. The van der Waals surface area contributed by atoms with Crippen LogP contribution in [0.25, 0.3) is 0 Å². The number of carbonyl (C=O) groups is 2. The molecule has 0 heterocycles. The molecule has 0 aromatic heterocycles. The smallest absolute Gasteiger partial charge is 0.239 e. The molecule has 2 aromatic carbocycles. The third kappa shape index (κ3) is 5.67. The van der Waals surface area contributed by atoms with E-state index in [0.717, 1.165) is 5.56 Å². The van der Waals surface area contributed by atoms with Crippen molar-refractivity contribution in [2.24, 2.45) is 0 Å². The van der Waals surface area contributed by atoms with Crippen LogP contribution in [0.15, 0.2) is 54.6 Å². The van der Waals surface area contributed by atoms with E-state index >= 15 is 0 Å². The van der Waals surface area contributed by atoms with Crippen LogP contribution < -0.4 is 5.32 Å². The van der Waals surface area contributed by atoms with E-state index in [1.807, 2.05) is 30.3 Å². The highest BCUT2D eigenvalue weighted by Crippen LogP contribution is 2.10. The van der Waals surface area contributed by atoms with E-state index in [-0.39, 0.29) is 24.2 Å². The SMILES string of the molecule is C[C@@H](C(=O)N(C)Cc1ccccc1)N(C)CC(=O)Nc1ccc(F)cc1. The van der Waals surface area contributed by atoms with Crippen molar-refractivity contribution in [3.05, 3.63) is 66.0 Å². The van der Waals surface area contributed by atoms with Crippen LogP contribution in [0.1, 0.15) is 12.5 Å². The summed E-state index contributed by atoms with van der Waals surface area (Å²) in [6, 6.07) is 14.8. The fourth-order valence-corrected chi connectivity index (χ4v) is 2.54. The van der Waals surface area contributed by atoms with Crippen LogP contribution >= 0.6 is 0 Å². The fourth-order valence-electron chi connectivity index (χ4n) is 2.54. The molecule has 0 aliphatic carbocycles. The molecule has 0 radical (unpaired) electrons. The van der Waals surface area contributed by atoms with E-state index in [2.05, 4.69) is 5.32 Å². The first-order valence-electron chi connectivity index (χ1n) is 8.41. The van der Waals surface area contributed by atoms with Gasteiger partial charge in [0.2, 0.25) is 11.8 Å². The van der Waals surface area contributed by atoms with Gasteiger partial charge in [-0.15, -0.1) is 0 Å². The zero-order valence-electron chi connectivity index (χ0n) is 15.3. The zero-order chi connectivity index (χ0) is 19.1. The Morgan fingerprint density at radius 2 is 1.65 bits per heavy atom. The number of halogens is 1. The molecule has 138 valence electrons. The summed E-state index contributed by atoms with van der Waals surface area (Å²) in [4.78, 5) is 28.0. The molecule has 1 atom stereocenters. The Hall–Kier alpha value is -2.73. The van der Waals surface area contributed by atoms with Gasteiger partial charge in [0.05, 0.1) is 12.6 Å². The van der Waals surface area contributed by atoms with Crippen LogP contribution in [-0.4, -0.2) is 48.3 Å². The minimum absolute atomic E-state index is 0.0590. The van der Waals surface area contributed by atoms with Crippen molar-refractivity contribution in [1.29, 1.82) is 0 Å². The average molecular weight is 357 g/mol. The normalized spacial score (nSPS) is 11.9.